The van der Waals surface area contributed by atoms with Crippen molar-refractivity contribution >= 4 is 21.6 Å². The molecule has 1 heterocycles. The predicted molar refractivity (Wildman–Crippen MR) is 66.2 cm³/mol. The first-order valence-electron chi connectivity index (χ1n) is 5.00. The molecule has 0 radical (unpaired) electrons. The third-order valence-corrected chi connectivity index (χ3v) is 2.54. The predicted octanol–water partition coefficient (Wildman–Crippen LogP) is 2.45. The first-order valence-corrected chi connectivity index (χ1v) is 5.79. The molecule has 0 saturated heterocycles. The highest BCUT2D eigenvalue weighted by atomic mass is 79.9. The van der Waals surface area contributed by atoms with Crippen molar-refractivity contribution in [1.29, 1.82) is 0 Å². The van der Waals surface area contributed by atoms with E-state index in [-0.39, 0.29) is 5.82 Å². The summed E-state index contributed by atoms with van der Waals surface area (Å²) in [7, 11) is 0. The van der Waals surface area contributed by atoms with Gasteiger partial charge in [0, 0.05) is 16.7 Å². The summed E-state index contributed by atoms with van der Waals surface area (Å²) in [5, 5.41) is 4.01. The number of rotatable bonds is 4. The number of hydrogen-bond donors (Lipinski definition) is 1. The highest BCUT2D eigenvalue weighted by molar-refractivity contribution is 9.10. The van der Waals surface area contributed by atoms with E-state index in [0.717, 1.165) is 0 Å². The Hall–Kier alpha value is -1.56. The Morgan fingerprint density at radius 1 is 1.41 bits per heavy atom. The second-order valence-corrected chi connectivity index (χ2v) is 4.41. The van der Waals surface area contributed by atoms with Gasteiger partial charge >= 0.3 is 0 Å². The number of nitrogen functional groups attached to an aromatic ring is 1. The number of nitrogens with two attached hydrogens (primary N) is 1. The molecule has 2 N–H and O–H groups in total. The van der Waals surface area contributed by atoms with Gasteiger partial charge in [0.2, 0.25) is 0 Å². The normalized spacial score (nSPS) is 10.5. The van der Waals surface area contributed by atoms with Gasteiger partial charge in [0.05, 0.1) is 18.4 Å². The van der Waals surface area contributed by atoms with Crippen LogP contribution in [0.1, 0.15) is 0 Å². The molecule has 0 saturated carbocycles. The molecule has 0 fully saturated rings. The first-order chi connectivity index (χ1) is 8.13. The summed E-state index contributed by atoms with van der Waals surface area (Å²) in [6.07, 6.45) is 3.28. The van der Waals surface area contributed by atoms with Crippen LogP contribution in [0.4, 0.5) is 10.1 Å². The number of benzene rings is 1. The summed E-state index contributed by atoms with van der Waals surface area (Å²) >= 11 is 3.20. The molecule has 0 spiro atoms. The molecule has 1 aromatic heterocycles. The molecule has 0 bridgehead atoms. The Bertz CT molecular complexity index is 495. The van der Waals surface area contributed by atoms with E-state index >= 15 is 0 Å². The third-order valence-electron chi connectivity index (χ3n) is 2.08. The second kappa shape index (κ2) is 5.18. The molecule has 0 atom stereocenters. The third kappa shape index (κ3) is 3.45. The van der Waals surface area contributed by atoms with Crippen molar-refractivity contribution in [3.8, 4) is 5.75 Å². The number of halogens is 2. The lowest BCUT2D eigenvalue weighted by molar-refractivity contribution is 0.290. The van der Waals surface area contributed by atoms with Gasteiger partial charge in [0.25, 0.3) is 0 Å². The van der Waals surface area contributed by atoms with Crippen LogP contribution < -0.4 is 10.5 Å². The number of hydrogen-bond acceptors (Lipinski definition) is 3. The zero-order valence-corrected chi connectivity index (χ0v) is 10.5. The SMILES string of the molecule is Nc1cnn(CCOc2cc(F)cc(Br)c2)c1. The topological polar surface area (TPSA) is 53.1 Å². The van der Waals surface area contributed by atoms with E-state index in [1.54, 1.807) is 23.1 Å². The Morgan fingerprint density at radius 3 is 2.88 bits per heavy atom. The summed E-state index contributed by atoms with van der Waals surface area (Å²) < 4.78 is 20.8. The quantitative estimate of drug-likeness (QED) is 0.943. The van der Waals surface area contributed by atoms with Gasteiger partial charge in [-0.15, -0.1) is 0 Å². The molecule has 0 aliphatic carbocycles. The smallest absolute Gasteiger partial charge is 0.128 e. The van der Waals surface area contributed by atoms with E-state index in [1.165, 1.54) is 12.1 Å². The molecule has 0 aliphatic heterocycles. The van der Waals surface area contributed by atoms with Gasteiger partial charge in [-0.2, -0.15) is 5.10 Å². The van der Waals surface area contributed by atoms with Crippen molar-refractivity contribution < 1.29 is 9.13 Å². The molecule has 2 aromatic rings. The van der Waals surface area contributed by atoms with Crippen molar-refractivity contribution in [1.82, 2.24) is 9.78 Å². The van der Waals surface area contributed by atoms with Crippen LogP contribution in [0.3, 0.4) is 0 Å². The van der Waals surface area contributed by atoms with Gasteiger partial charge in [0.15, 0.2) is 0 Å². The summed E-state index contributed by atoms with van der Waals surface area (Å²) in [4.78, 5) is 0. The highest BCUT2D eigenvalue weighted by Crippen LogP contribution is 2.20. The van der Waals surface area contributed by atoms with Gasteiger partial charge in [0.1, 0.15) is 18.2 Å². The molecule has 90 valence electrons. The van der Waals surface area contributed by atoms with Gasteiger partial charge < -0.3 is 10.5 Å². The standard InChI is InChI=1S/C11H11BrFN3O/c12-8-3-9(13)5-11(4-8)17-2-1-16-7-10(14)6-15-16/h3-7H,1-2,14H2. The van der Waals surface area contributed by atoms with Gasteiger partial charge in [-0.05, 0) is 12.1 Å². The molecular formula is C11H11BrFN3O. The average Bonchev–Trinajstić information content (AvgIpc) is 2.63. The van der Waals surface area contributed by atoms with E-state index < -0.39 is 0 Å². The molecule has 4 nitrogen and oxygen atoms in total. The van der Waals surface area contributed by atoms with Crippen LogP contribution in [0.5, 0.6) is 5.75 Å². The molecule has 6 heteroatoms. The molecule has 0 amide bonds. The van der Waals surface area contributed by atoms with Crippen molar-refractivity contribution in [2.45, 2.75) is 6.54 Å². The largest absolute Gasteiger partial charge is 0.492 e. The van der Waals surface area contributed by atoms with Crippen LogP contribution >= 0.6 is 15.9 Å². The lowest BCUT2D eigenvalue weighted by atomic mass is 10.3. The Labute approximate surface area is 106 Å². The first kappa shape index (κ1) is 11.9. The fourth-order valence-corrected chi connectivity index (χ4v) is 1.82. The van der Waals surface area contributed by atoms with Crippen LogP contribution in [-0.4, -0.2) is 16.4 Å². The van der Waals surface area contributed by atoms with Crippen molar-refractivity contribution in [2.75, 3.05) is 12.3 Å². The Kier molecular flexibility index (Phi) is 3.63. The molecule has 1 aromatic carbocycles. The van der Waals surface area contributed by atoms with Gasteiger partial charge in [-0.25, -0.2) is 4.39 Å². The molecule has 0 aliphatic rings. The molecule has 0 unspecified atom stereocenters. The maximum absolute atomic E-state index is 13.0. The van der Waals surface area contributed by atoms with Gasteiger partial charge in [-0.1, -0.05) is 15.9 Å². The molecule has 17 heavy (non-hydrogen) atoms. The van der Waals surface area contributed by atoms with Crippen LogP contribution in [0, 0.1) is 5.82 Å². The maximum atomic E-state index is 13.0. The Balaban J connectivity index is 1.89. The monoisotopic (exact) mass is 299 g/mol. The van der Waals surface area contributed by atoms with Crippen LogP contribution in [0.25, 0.3) is 0 Å². The molecular weight excluding hydrogens is 289 g/mol. The zero-order chi connectivity index (χ0) is 12.3. The van der Waals surface area contributed by atoms with Crippen molar-refractivity contribution in [3.63, 3.8) is 0 Å². The van der Waals surface area contributed by atoms with E-state index in [0.29, 0.717) is 29.1 Å². The van der Waals surface area contributed by atoms with E-state index in [4.69, 9.17) is 10.5 Å². The average molecular weight is 300 g/mol. The minimum Gasteiger partial charge on any atom is -0.492 e. The number of ether oxygens (including phenoxy) is 1. The maximum Gasteiger partial charge on any atom is 0.128 e. The van der Waals surface area contributed by atoms with Gasteiger partial charge in [-0.3, -0.25) is 4.68 Å². The fraction of sp³-hybridized carbons (Fsp3) is 0.182. The van der Waals surface area contributed by atoms with Crippen molar-refractivity contribution in [2.24, 2.45) is 0 Å². The lowest BCUT2D eigenvalue weighted by Gasteiger charge is -2.06. The van der Waals surface area contributed by atoms with Crippen LogP contribution in [0.15, 0.2) is 35.1 Å². The summed E-state index contributed by atoms with van der Waals surface area (Å²) in [5.74, 6) is 0.148. The minimum absolute atomic E-state index is 0.335. The number of nitrogens with zero attached hydrogens (tertiary/aromatic N) is 2. The summed E-state index contributed by atoms with van der Waals surface area (Å²) in [6.45, 7) is 0.961. The Morgan fingerprint density at radius 2 is 2.24 bits per heavy atom. The lowest BCUT2D eigenvalue weighted by Crippen LogP contribution is -2.08. The summed E-state index contributed by atoms with van der Waals surface area (Å²) in [5.41, 5.74) is 6.13. The molecule has 2 rings (SSSR count). The van der Waals surface area contributed by atoms with E-state index in [1.807, 2.05) is 0 Å². The number of aromatic nitrogens is 2. The van der Waals surface area contributed by atoms with Crippen LogP contribution in [-0.2, 0) is 6.54 Å². The second-order valence-electron chi connectivity index (χ2n) is 3.49. The highest BCUT2D eigenvalue weighted by Gasteiger charge is 2.00. The van der Waals surface area contributed by atoms with E-state index in [2.05, 4.69) is 21.0 Å². The zero-order valence-electron chi connectivity index (χ0n) is 8.94. The summed E-state index contributed by atoms with van der Waals surface area (Å²) in [6, 6.07) is 4.42. The van der Waals surface area contributed by atoms with Crippen LogP contribution in [0.2, 0.25) is 0 Å². The number of anilines is 1. The minimum atomic E-state index is -0.335. The van der Waals surface area contributed by atoms with E-state index in [9.17, 15) is 4.39 Å². The van der Waals surface area contributed by atoms with Crippen molar-refractivity contribution in [3.05, 3.63) is 40.9 Å². The fourth-order valence-electron chi connectivity index (χ4n) is 1.37.